The van der Waals surface area contributed by atoms with E-state index in [4.69, 9.17) is 0 Å². The zero-order valence-corrected chi connectivity index (χ0v) is 5.61. The Morgan fingerprint density at radius 2 is 2.09 bits per heavy atom. The van der Waals surface area contributed by atoms with E-state index in [0.29, 0.717) is 5.39 Å². The van der Waals surface area contributed by atoms with Crippen molar-refractivity contribution in [3.05, 3.63) is 35.0 Å². The fraction of sp³-hybridized carbons (Fsp3) is 0. The number of aromatic nitrogens is 3. The Balaban J connectivity index is 3.03. The topological polar surface area (TPSA) is 58.6 Å². The van der Waals surface area contributed by atoms with Crippen molar-refractivity contribution in [1.82, 2.24) is 15.2 Å². The number of hydrogen-bond acceptors (Lipinski definition) is 3. The van der Waals surface area contributed by atoms with Crippen molar-refractivity contribution in [3.63, 3.8) is 0 Å². The van der Waals surface area contributed by atoms with E-state index in [1.54, 1.807) is 18.5 Å². The molecule has 11 heavy (non-hydrogen) atoms. The lowest BCUT2D eigenvalue weighted by atomic mass is 10.3. The van der Waals surface area contributed by atoms with Crippen LogP contribution in [0.4, 0.5) is 0 Å². The fourth-order valence-electron chi connectivity index (χ4n) is 0.938. The van der Waals surface area contributed by atoms with Gasteiger partial charge in [-0.3, -0.25) is 4.79 Å². The first-order valence-electron chi connectivity index (χ1n) is 3.16. The zero-order valence-electron chi connectivity index (χ0n) is 5.61. The van der Waals surface area contributed by atoms with Gasteiger partial charge in [0.15, 0.2) is 0 Å². The molecule has 4 heteroatoms. The van der Waals surface area contributed by atoms with Crippen molar-refractivity contribution >= 4 is 10.8 Å². The van der Waals surface area contributed by atoms with Crippen molar-refractivity contribution in [2.24, 2.45) is 0 Å². The number of nitrogens with zero attached hydrogens (tertiary/aromatic N) is 2. The maximum atomic E-state index is 11.1. The SMILES string of the molecule is O=c1[nH]ccc2cnncc12. The van der Waals surface area contributed by atoms with Crippen molar-refractivity contribution in [2.75, 3.05) is 0 Å². The van der Waals surface area contributed by atoms with E-state index in [0.717, 1.165) is 5.39 Å². The number of pyridine rings is 1. The number of aromatic amines is 1. The van der Waals surface area contributed by atoms with Crippen molar-refractivity contribution in [2.45, 2.75) is 0 Å². The first-order chi connectivity index (χ1) is 5.38. The molecule has 0 aliphatic carbocycles. The minimum Gasteiger partial charge on any atom is -0.329 e. The molecule has 0 spiro atoms. The summed E-state index contributed by atoms with van der Waals surface area (Å²) in [7, 11) is 0. The smallest absolute Gasteiger partial charge is 0.257 e. The van der Waals surface area contributed by atoms with Crippen LogP contribution in [-0.2, 0) is 0 Å². The van der Waals surface area contributed by atoms with Gasteiger partial charge in [-0.1, -0.05) is 0 Å². The van der Waals surface area contributed by atoms with E-state index in [1.807, 2.05) is 0 Å². The number of fused-ring (bicyclic) bond motifs is 1. The molecule has 0 fully saturated rings. The summed E-state index contributed by atoms with van der Waals surface area (Å²) in [5.74, 6) is 0. The summed E-state index contributed by atoms with van der Waals surface area (Å²) < 4.78 is 0. The predicted molar refractivity (Wildman–Crippen MR) is 40.2 cm³/mol. The summed E-state index contributed by atoms with van der Waals surface area (Å²) in [4.78, 5) is 13.6. The summed E-state index contributed by atoms with van der Waals surface area (Å²) in [6, 6.07) is 1.78. The highest BCUT2D eigenvalue weighted by atomic mass is 16.1. The first-order valence-corrected chi connectivity index (χ1v) is 3.16. The Labute approximate surface area is 61.9 Å². The second-order valence-corrected chi connectivity index (χ2v) is 2.16. The zero-order chi connectivity index (χ0) is 7.68. The summed E-state index contributed by atoms with van der Waals surface area (Å²) in [5, 5.41) is 8.64. The first kappa shape index (κ1) is 6.03. The van der Waals surface area contributed by atoms with Gasteiger partial charge in [0.2, 0.25) is 0 Å². The minimum atomic E-state index is -0.127. The maximum Gasteiger partial charge on any atom is 0.257 e. The Hall–Kier alpha value is -1.71. The summed E-state index contributed by atoms with van der Waals surface area (Å²) in [6.45, 7) is 0. The van der Waals surface area contributed by atoms with Gasteiger partial charge in [0.05, 0.1) is 17.8 Å². The van der Waals surface area contributed by atoms with E-state index in [1.165, 1.54) is 6.20 Å². The summed E-state index contributed by atoms with van der Waals surface area (Å²) >= 11 is 0. The lowest BCUT2D eigenvalue weighted by Crippen LogP contribution is -2.04. The fourth-order valence-corrected chi connectivity index (χ4v) is 0.938. The van der Waals surface area contributed by atoms with Gasteiger partial charge in [-0.05, 0) is 6.07 Å². The van der Waals surface area contributed by atoms with E-state index in [-0.39, 0.29) is 5.56 Å². The molecule has 0 amide bonds. The molecule has 2 aromatic heterocycles. The molecule has 0 aromatic carbocycles. The van der Waals surface area contributed by atoms with Crippen LogP contribution in [0.5, 0.6) is 0 Å². The molecule has 2 rings (SSSR count). The van der Waals surface area contributed by atoms with E-state index < -0.39 is 0 Å². The van der Waals surface area contributed by atoms with Gasteiger partial charge in [-0.2, -0.15) is 10.2 Å². The molecule has 0 bridgehead atoms. The Morgan fingerprint density at radius 1 is 1.27 bits per heavy atom. The normalized spacial score (nSPS) is 10.2. The number of nitrogens with one attached hydrogen (secondary N) is 1. The quantitative estimate of drug-likeness (QED) is 0.583. The van der Waals surface area contributed by atoms with Gasteiger partial charge in [0.1, 0.15) is 0 Å². The second-order valence-electron chi connectivity index (χ2n) is 2.16. The molecule has 0 saturated heterocycles. The molecule has 2 heterocycles. The van der Waals surface area contributed by atoms with E-state index >= 15 is 0 Å². The number of H-pyrrole nitrogens is 1. The van der Waals surface area contributed by atoms with Gasteiger partial charge in [-0.25, -0.2) is 0 Å². The Morgan fingerprint density at radius 3 is 2.91 bits per heavy atom. The van der Waals surface area contributed by atoms with Crippen molar-refractivity contribution < 1.29 is 0 Å². The van der Waals surface area contributed by atoms with Crippen LogP contribution in [-0.4, -0.2) is 15.2 Å². The average molecular weight is 147 g/mol. The van der Waals surface area contributed by atoms with E-state index in [9.17, 15) is 4.79 Å². The lowest BCUT2D eigenvalue weighted by Gasteiger charge is -1.90. The minimum absolute atomic E-state index is 0.127. The average Bonchev–Trinajstić information content (AvgIpc) is 2.06. The molecule has 4 nitrogen and oxygen atoms in total. The van der Waals surface area contributed by atoms with Crippen LogP contribution in [0.1, 0.15) is 0 Å². The van der Waals surface area contributed by atoms with Gasteiger partial charge >= 0.3 is 0 Å². The van der Waals surface area contributed by atoms with Crippen LogP contribution in [0.2, 0.25) is 0 Å². The van der Waals surface area contributed by atoms with Crippen LogP contribution < -0.4 is 5.56 Å². The highest BCUT2D eigenvalue weighted by molar-refractivity contribution is 5.78. The molecule has 54 valence electrons. The van der Waals surface area contributed by atoms with Crippen molar-refractivity contribution in [3.8, 4) is 0 Å². The van der Waals surface area contributed by atoms with E-state index in [2.05, 4.69) is 15.2 Å². The Bertz CT molecular complexity index is 429. The third-order valence-electron chi connectivity index (χ3n) is 1.48. The molecule has 0 radical (unpaired) electrons. The Kier molecular flexibility index (Phi) is 1.18. The molecule has 0 atom stereocenters. The van der Waals surface area contributed by atoms with Crippen LogP contribution in [0.3, 0.4) is 0 Å². The van der Waals surface area contributed by atoms with Crippen molar-refractivity contribution in [1.29, 1.82) is 0 Å². The molecule has 2 aromatic rings. The monoisotopic (exact) mass is 147 g/mol. The molecule has 0 saturated carbocycles. The van der Waals surface area contributed by atoms with Gasteiger partial charge in [0, 0.05) is 11.6 Å². The molecule has 0 aliphatic rings. The third-order valence-corrected chi connectivity index (χ3v) is 1.48. The summed E-state index contributed by atoms with van der Waals surface area (Å²) in [6.07, 6.45) is 4.60. The van der Waals surface area contributed by atoms with Crippen LogP contribution in [0, 0.1) is 0 Å². The highest BCUT2D eigenvalue weighted by Crippen LogP contribution is 2.01. The predicted octanol–water partition coefficient (Wildman–Crippen LogP) is 0.318. The number of hydrogen-bond donors (Lipinski definition) is 1. The van der Waals surface area contributed by atoms with Gasteiger partial charge < -0.3 is 4.98 Å². The standard InChI is InChI=1S/C7H5N3O/c11-7-6-4-10-9-3-5(6)1-2-8-7/h1-4H,(H,8,11). The van der Waals surface area contributed by atoms with Crippen LogP contribution in [0.25, 0.3) is 10.8 Å². The maximum absolute atomic E-state index is 11.1. The van der Waals surface area contributed by atoms with Gasteiger partial charge in [-0.15, -0.1) is 0 Å². The van der Waals surface area contributed by atoms with Crippen LogP contribution >= 0.6 is 0 Å². The summed E-state index contributed by atoms with van der Waals surface area (Å²) in [5.41, 5.74) is -0.127. The highest BCUT2D eigenvalue weighted by Gasteiger charge is 1.94. The molecular formula is C7H5N3O. The molecular weight excluding hydrogens is 142 g/mol. The van der Waals surface area contributed by atoms with Crippen LogP contribution in [0.15, 0.2) is 29.5 Å². The second kappa shape index (κ2) is 2.16. The lowest BCUT2D eigenvalue weighted by molar-refractivity contribution is 1.04. The third kappa shape index (κ3) is 0.881. The number of rotatable bonds is 0. The largest absolute Gasteiger partial charge is 0.329 e. The molecule has 1 N–H and O–H groups in total. The molecule has 0 unspecified atom stereocenters. The van der Waals surface area contributed by atoms with Gasteiger partial charge in [0.25, 0.3) is 5.56 Å². The molecule has 0 aliphatic heterocycles.